The average molecular weight is 311 g/mol. The molecular weight excluding hydrogens is 291 g/mol. The number of likely N-dealkylation sites (N-methyl/N-ethyl adjacent to an activating group) is 1. The van der Waals surface area contributed by atoms with Gasteiger partial charge in [0.05, 0.1) is 13.2 Å². The molecule has 1 aliphatic heterocycles. The van der Waals surface area contributed by atoms with E-state index < -0.39 is 11.6 Å². The number of nitrogens with zero attached hydrogens (tertiary/aromatic N) is 1. The van der Waals surface area contributed by atoms with Gasteiger partial charge in [-0.25, -0.2) is 0 Å². The van der Waals surface area contributed by atoms with E-state index in [1.807, 2.05) is 19.1 Å². The molecule has 0 saturated heterocycles. The van der Waals surface area contributed by atoms with Crippen LogP contribution in [-0.2, 0) is 11.3 Å². The fourth-order valence-corrected chi connectivity index (χ4v) is 2.23. The lowest BCUT2D eigenvalue weighted by Gasteiger charge is -2.23. The van der Waals surface area contributed by atoms with Crippen LogP contribution in [0, 0.1) is 17.3 Å². The molecule has 0 unspecified atom stereocenters. The number of ether oxygens (including phenoxy) is 1. The molecule has 2 rings (SSSR count). The van der Waals surface area contributed by atoms with Crippen molar-refractivity contribution in [1.82, 2.24) is 0 Å². The summed E-state index contributed by atoms with van der Waals surface area (Å²) >= 11 is 0. The van der Waals surface area contributed by atoms with Crippen molar-refractivity contribution in [3.8, 4) is 11.8 Å². The van der Waals surface area contributed by atoms with Gasteiger partial charge in [-0.15, -0.1) is 0 Å². The average Bonchev–Trinajstić information content (AvgIpc) is 2.66. The van der Waals surface area contributed by atoms with Crippen molar-refractivity contribution in [2.24, 2.45) is 5.41 Å². The topological polar surface area (TPSA) is 12.5 Å². The lowest BCUT2D eigenvalue weighted by Crippen LogP contribution is -2.30. The van der Waals surface area contributed by atoms with E-state index in [0.717, 1.165) is 38.2 Å². The number of benzene rings is 1. The smallest absolute Gasteiger partial charge is 0.375 e. The van der Waals surface area contributed by atoms with E-state index in [-0.39, 0.29) is 0 Å². The number of anilines is 1. The Morgan fingerprint density at radius 3 is 2.64 bits per heavy atom. The molecule has 0 amide bonds. The fourth-order valence-electron chi connectivity index (χ4n) is 2.23. The SMILES string of the molecule is CCN1CCOCc2c(C#CC(C)(C)C(F)(F)F)cccc21. The lowest BCUT2D eigenvalue weighted by atomic mass is 9.92. The van der Waals surface area contributed by atoms with Gasteiger partial charge in [0.2, 0.25) is 0 Å². The fraction of sp³-hybridized carbons (Fsp3) is 0.529. The van der Waals surface area contributed by atoms with Crippen LogP contribution in [0.1, 0.15) is 31.9 Å². The van der Waals surface area contributed by atoms with Gasteiger partial charge in [-0.1, -0.05) is 17.9 Å². The molecule has 5 heteroatoms. The number of alkyl halides is 3. The number of fused-ring (bicyclic) bond motifs is 1. The molecule has 0 aliphatic carbocycles. The molecule has 0 aromatic heterocycles. The van der Waals surface area contributed by atoms with Crippen LogP contribution in [0.3, 0.4) is 0 Å². The predicted molar refractivity (Wildman–Crippen MR) is 80.7 cm³/mol. The van der Waals surface area contributed by atoms with Crippen molar-refractivity contribution < 1.29 is 17.9 Å². The summed E-state index contributed by atoms with van der Waals surface area (Å²) in [5.41, 5.74) is 0.435. The zero-order chi connectivity index (χ0) is 16.4. The van der Waals surface area contributed by atoms with E-state index >= 15 is 0 Å². The summed E-state index contributed by atoms with van der Waals surface area (Å²) in [4.78, 5) is 2.16. The van der Waals surface area contributed by atoms with Crippen LogP contribution in [0.2, 0.25) is 0 Å². The van der Waals surface area contributed by atoms with Crippen molar-refractivity contribution in [3.63, 3.8) is 0 Å². The minimum Gasteiger partial charge on any atom is -0.375 e. The first-order valence-corrected chi connectivity index (χ1v) is 7.31. The molecule has 0 atom stereocenters. The first kappa shape index (κ1) is 16.7. The molecule has 1 heterocycles. The van der Waals surface area contributed by atoms with Crippen LogP contribution < -0.4 is 4.90 Å². The van der Waals surface area contributed by atoms with Crippen molar-refractivity contribution in [1.29, 1.82) is 0 Å². The summed E-state index contributed by atoms with van der Waals surface area (Å²) in [6, 6.07) is 5.55. The third-order valence-corrected chi connectivity index (χ3v) is 3.84. The highest BCUT2D eigenvalue weighted by molar-refractivity contribution is 5.61. The summed E-state index contributed by atoms with van der Waals surface area (Å²) in [5, 5.41) is 0. The summed E-state index contributed by atoms with van der Waals surface area (Å²) in [7, 11) is 0. The van der Waals surface area contributed by atoms with Gasteiger partial charge >= 0.3 is 6.18 Å². The van der Waals surface area contributed by atoms with E-state index in [4.69, 9.17) is 4.74 Å². The van der Waals surface area contributed by atoms with E-state index in [0.29, 0.717) is 18.8 Å². The Kier molecular flexibility index (Phi) is 4.72. The molecule has 1 aliphatic rings. The summed E-state index contributed by atoms with van der Waals surface area (Å²) in [6.07, 6.45) is -4.35. The number of hydrogen-bond acceptors (Lipinski definition) is 2. The largest absolute Gasteiger partial charge is 0.404 e. The minimum absolute atomic E-state index is 0.378. The second kappa shape index (κ2) is 6.21. The van der Waals surface area contributed by atoms with E-state index in [2.05, 4.69) is 16.7 Å². The van der Waals surface area contributed by atoms with Crippen LogP contribution in [0.5, 0.6) is 0 Å². The monoisotopic (exact) mass is 311 g/mol. The Morgan fingerprint density at radius 1 is 1.27 bits per heavy atom. The Hall–Kier alpha value is -1.67. The van der Waals surface area contributed by atoms with Crippen LogP contribution in [0.15, 0.2) is 18.2 Å². The van der Waals surface area contributed by atoms with E-state index in [1.165, 1.54) is 0 Å². The molecular formula is C17H20F3NO. The van der Waals surface area contributed by atoms with Crippen molar-refractivity contribution >= 4 is 5.69 Å². The standard InChI is InChI=1S/C17H20F3NO/c1-4-21-10-11-22-12-14-13(6-5-7-15(14)21)8-9-16(2,3)17(18,19)20/h5-7H,4,10-12H2,1-3H3. The highest BCUT2D eigenvalue weighted by Crippen LogP contribution is 2.37. The molecule has 0 fully saturated rings. The second-order valence-electron chi connectivity index (χ2n) is 5.81. The maximum Gasteiger partial charge on any atom is 0.404 e. The van der Waals surface area contributed by atoms with Crippen LogP contribution in [0.25, 0.3) is 0 Å². The Balaban J connectivity index is 2.43. The first-order valence-electron chi connectivity index (χ1n) is 7.31. The molecule has 0 bridgehead atoms. The summed E-state index contributed by atoms with van der Waals surface area (Å²) in [5.74, 6) is 5.08. The van der Waals surface area contributed by atoms with E-state index in [9.17, 15) is 13.2 Å². The minimum atomic E-state index is -4.35. The summed E-state index contributed by atoms with van der Waals surface area (Å²) in [6.45, 7) is 6.80. The molecule has 120 valence electrons. The van der Waals surface area contributed by atoms with Crippen molar-refractivity contribution in [2.75, 3.05) is 24.6 Å². The second-order valence-corrected chi connectivity index (χ2v) is 5.81. The van der Waals surface area contributed by atoms with Gasteiger partial charge < -0.3 is 9.64 Å². The molecule has 0 spiro atoms. The molecule has 22 heavy (non-hydrogen) atoms. The zero-order valence-corrected chi connectivity index (χ0v) is 13.0. The third kappa shape index (κ3) is 3.38. The Bertz CT molecular complexity index is 596. The van der Waals surface area contributed by atoms with Crippen LogP contribution in [0.4, 0.5) is 18.9 Å². The van der Waals surface area contributed by atoms with Gasteiger partial charge in [0.15, 0.2) is 0 Å². The Labute approximate surface area is 129 Å². The van der Waals surface area contributed by atoms with Crippen molar-refractivity contribution in [2.45, 2.75) is 33.6 Å². The van der Waals surface area contributed by atoms with Gasteiger partial charge in [-0.3, -0.25) is 0 Å². The maximum absolute atomic E-state index is 12.9. The van der Waals surface area contributed by atoms with Crippen LogP contribution in [-0.4, -0.2) is 25.9 Å². The zero-order valence-electron chi connectivity index (χ0n) is 13.0. The van der Waals surface area contributed by atoms with Gasteiger partial charge in [0.25, 0.3) is 0 Å². The number of halogens is 3. The predicted octanol–water partition coefficient (Wildman–Crippen LogP) is 3.98. The highest BCUT2D eigenvalue weighted by Gasteiger charge is 2.46. The number of rotatable bonds is 1. The lowest BCUT2D eigenvalue weighted by molar-refractivity contribution is -0.190. The molecule has 2 nitrogen and oxygen atoms in total. The normalized spacial score (nSPS) is 15.6. The molecule has 0 N–H and O–H groups in total. The highest BCUT2D eigenvalue weighted by atomic mass is 19.4. The number of hydrogen-bond donors (Lipinski definition) is 0. The van der Waals surface area contributed by atoms with Gasteiger partial charge in [0.1, 0.15) is 5.41 Å². The molecule has 1 aromatic carbocycles. The quantitative estimate of drug-likeness (QED) is 0.727. The molecule has 1 aromatic rings. The first-order chi connectivity index (χ1) is 10.3. The third-order valence-electron chi connectivity index (χ3n) is 3.84. The van der Waals surface area contributed by atoms with Crippen LogP contribution >= 0.6 is 0 Å². The van der Waals surface area contributed by atoms with E-state index in [1.54, 1.807) is 6.07 Å². The van der Waals surface area contributed by atoms with Gasteiger partial charge in [-0.2, -0.15) is 13.2 Å². The van der Waals surface area contributed by atoms with Gasteiger partial charge in [-0.05, 0) is 32.9 Å². The molecule has 0 saturated carbocycles. The maximum atomic E-state index is 12.9. The van der Waals surface area contributed by atoms with Crippen molar-refractivity contribution in [3.05, 3.63) is 29.3 Å². The molecule has 0 radical (unpaired) electrons. The summed E-state index contributed by atoms with van der Waals surface area (Å²) < 4.78 is 44.3. The van der Waals surface area contributed by atoms with Gasteiger partial charge in [0, 0.05) is 29.9 Å². The Morgan fingerprint density at radius 2 is 2.00 bits per heavy atom.